The smallest absolute Gasteiger partial charge is 0.343 e. The van der Waals surface area contributed by atoms with Crippen LogP contribution in [0.5, 0.6) is 28.7 Å². The summed E-state index contributed by atoms with van der Waals surface area (Å²) in [5, 5.41) is 0.937. The molecule has 3 heterocycles. The van der Waals surface area contributed by atoms with E-state index in [1.165, 1.54) is 0 Å². The molecule has 180 valence electrons. The molecule has 0 radical (unpaired) electrons. The van der Waals surface area contributed by atoms with Gasteiger partial charge in [-0.3, -0.25) is 4.79 Å². The average Bonchev–Trinajstić information content (AvgIpc) is 3.55. The third-order valence-electron chi connectivity index (χ3n) is 6.28. The van der Waals surface area contributed by atoms with Gasteiger partial charge in [0, 0.05) is 35.8 Å². The van der Waals surface area contributed by atoms with Gasteiger partial charge < -0.3 is 28.3 Å². The zero-order valence-corrected chi connectivity index (χ0v) is 19.8. The predicted octanol–water partition coefficient (Wildman–Crippen LogP) is 5.06. The highest BCUT2D eigenvalue weighted by Gasteiger charge is 2.31. The van der Waals surface area contributed by atoms with E-state index >= 15 is 0 Å². The van der Waals surface area contributed by atoms with Crippen LogP contribution in [0.3, 0.4) is 0 Å². The number of nitrogens with zero attached hydrogens (tertiary/aromatic N) is 1. The van der Waals surface area contributed by atoms with Crippen molar-refractivity contribution in [3.05, 3.63) is 82.7 Å². The molecule has 2 aliphatic rings. The second-order valence-electron chi connectivity index (χ2n) is 8.59. The number of rotatable bonds is 4. The van der Waals surface area contributed by atoms with Crippen LogP contribution in [0.2, 0.25) is 0 Å². The molecule has 0 bridgehead atoms. The highest BCUT2D eigenvalue weighted by atomic mass is 16.7. The third kappa shape index (κ3) is 3.54. The first-order valence-electron chi connectivity index (χ1n) is 11.2. The fraction of sp³-hybridized carbons (Fsp3) is 0.143. The van der Waals surface area contributed by atoms with Crippen LogP contribution >= 0.6 is 0 Å². The molecule has 0 unspecified atom stereocenters. The Morgan fingerprint density at radius 1 is 1.00 bits per heavy atom. The molecule has 1 aromatic heterocycles. The van der Waals surface area contributed by atoms with Gasteiger partial charge >= 0.3 is 5.97 Å². The maximum Gasteiger partial charge on any atom is 0.343 e. The number of carbonyl (C=O) groups is 2. The molecule has 8 heteroatoms. The van der Waals surface area contributed by atoms with Crippen LogP contribution in [-0.4, -0.2) is 30.2 Å². The van der Waals surface area contributed by atoms with Crippen molar-refractivity contribution in [2.24, 2.45) is 7.05 Å². The summed E-state index contributed by atoms with van der Waals surface area (Å²) < 4.78 is 29.5. The number of ether oxygens (including phenoxy) is 5. The summed E-state index contributed by atoms with van der Waals surface area (Å²) in [6.45, 7) is 1.90. The molecule has 0 aliphatic carbocycles. The van der Waals surface area contributed by atoms with E-state index in [0.29, 0.717) is 33.9 Å². The van der Waals surface area contributed by atoms with Crippen molar-refractivity contribution in [1.29, 1.82) is 0 Å². The first-order valence-corrected chi connectivity index (χ1v) is 11.2. The van der Waals surface area contributed by atoms with Crippen molar-refractivity contribution in [3.63, 3.8) is 0 Å². The van der Waals surface area contributed by atoms with Crippen LogP contribution in [0.25, 0.3) is 17.0 Å². The lowest BCUT2D eigenvalue weighted by Gasteiger charge is -2.08. The Morgan fingerprint density at radius 2 is 1.83 bits per heavy atom. The number of Topliss-reactive ketones (excluding diaryl/α,β-unsaturated/α-hetero) is 1. The summed E-state index contributed by atoms with van der Waals surface area (Å²) in [5.74, 6) is 1.83. The Labute approximate surface area is 206 Å². The minimum absolute atomic E-state index is 0.116. The van der Waals surface area contributed by atoms with E-state index in [4.69, 9.17) is 23.7 Å². The number of carbonyl (C=O) groups excluding carboxylic acids is 2. The quantitative estimate of drug-likeness (QED) is 0.228. The minimum Gasteiger partial charge on any atom is -0.497 e. The van der Waals surface area contributed by atoms with Crippen molar-refractivity contribution in [1.82, 2.24) is 4.57 Å². The van der Waals surface area contributed by atoms with Crippen LogP contribution < -0.4 is 23.7 Å². The zero-order valence-electron chi connectivity index (χ0n) is 19.8. The van der Waals surface area contributed by atoms with Crippen LogP contribution in [0.15, 0.2) is 60.5 Å². The van der Waals surface area contributed by atoms with Crippen LogP contribution in [0.1, 0.15) is 31.8 Å². The fourth-order valence-corrected chi connectivity index (χ4v) is 4.51. The molecule has 36 heavy (non-hydrogen) atoms. The fourth-order valence-electron chi connectivity index (χ4n) is 4.51. The Kier molecular flexibility index (Phi) is 4.96. The number of methoxy groups -OCH3 is 1. The van der Waals surface area contributed by atoms with Crippen LogP contribution in [0, 0.1) is 6.92 Å². The van der Waals surface area contributed by atoms with E-state index in [1.54, 1.807) is 50.4 Å². The lowest BCUT2D eigenvalue weighted by atomic mass is 10.0. The molecular formula is C28H21NO7. The van der Waals surface area contributed by atoms with Crippen molar-refractivity contribution in [2.75, 3.05) is 13.9 Å². The van der Waals surface area contributed by atoms with E-state index in [2.05, 4.69) is 0 Å². The normalized spacial score (nSPS) is 14.8. The molecule has 4 aromatic rings. The number of esters is 1. The Balaban J connectivity index is 1.29. The van der Waals surface area contributed by atoms with Gasteiger partial charge in [0.25, 0.3) is 0 Å². The molecule has 0 fully saturated rings. The van der Waals surface area contributed by atoms with Crippen LogP contribution in [-0.2, 0) is 7.05 Å². The number of fused-ring (bicyclic) bond motifs is 3. The first-order chi connectivity index (χ1) is 17.4. The van der Waals surface area contributed by atoms with Gasteiger partial charge in [-0.15, -0.1) is 0 Å². The minimum atomic E-state index is -0.558. The maximum absolute atomic E-state index is 13.2. The second-order valence-corrected chi connectivity index (χ2v) is 8.59. The molecule has 6 rings (SSSR count). The monoisotopic (exact) mass is 483 g/mol. The number of hydrogen-bond acceptors (Lipinski definition) is 7. The topological polar surface area (TPSA) is 85.2 Å². The average molecular weight is 483 g/mol. The predicted molar refractivity (Wildman–Crippen MR) is 131 cm³/mol. The van der Waals surface area contributed by atoms with Gasteiger partial charge in [0.1, 0.15) is 17.2 Å². The van der Waals surface area contributed by atoms with E-state index < -0.39 is 5.97 Å². The summed E-state index contributed by atoms with van der Waals surface area (Å²) >= 11 is 0. The van der Waals surface area contributed by atoms with E-state index in [9.17, 15) is 9.59 Å². The van der Waals surface area contributed by atoms with Gasteiger partial charge in [-0.25, -0.2) is 4.79 Å². The highest BCUT2D eigenvalue weighted by Crippen LogP contribution is 2.39. The zero-order chi connectivity index (χ0) is 25.0. The maximum atomic E-state index is 13.2. The van der Waals surface area contributed by atoms with Crippen LogP contribution in [0.4, 0.5) is 0 Å². The summed E-state index contributed by atoms with van der Waals surface area (Å²) in [7, 11) is 3.55. The molecule has 0 amide bonds. The summed E-state index contributed by atoms with van der Waals surface area (Å²) in [6.07, 6.45) is 3.66. The third-order valence-corrected chi connectivity index (χ3v) is 6.28. The molecule has 0 spiro atoms. The molecule has 0 saturated heterocycles. The number of hydrogen-bond donors (Lipinski definition) is 0. The highest BCUT2D eigenvalue weighted by molar-refractivity contribution is 6.16. The summed E-state index contributed by atoms with van der Waals surface area (Å²) in [5.41, 5.74) is 3.24. The second kappa shape index (κ2) is 8.20. The number of aryl methyl sites for hydroxylation is 2. The molecule has 0 atom stereocenters. The molecule has 0 N–H and O–H groups in total. The lowest BCUT2D eigenvalue weighted by Crippen LogP contribution is -2.08. The van der Waals surface area contributed by atoms with Crippen molar-refractivity contribution < 1.29 is 33.3 Å². The Hall–Kier alpha value is -4.72. The van der Waals surface area contributed by atoms with E-state index in [1.807, 2.05) is 36.0 Å². The molecule has 8 nitrogen and oxygen atoms in total. The number of ketones is 1. The van der Waals surface area contributed by atoms with Gasteiger partial charge in [-0.05, 0) is 61.0 Å². The number of aromatic nitrogens is 1. The Morgan fingerprint density at radius 3 is 2.67 bits per heavy atom. The van der Waals surface area contributed by atoms with E-state index in [0.717, 1.165) is 22.2 Å². The van der Waals surface area contributed by atoms with Crippen molar-refractivity contribution in [3.8, 4) is 28.7 Å². The van der Waals surface area contributed by atoms with Gasteiger partial charge in [-0.2, -0.15) is 0 Å². The lowest BCUT2D eigenvalue weighted by molar-refractivity contribution is 0.0734. The molecule has 0 saturated carbocycles. The number of benzene rings is 3. The van der Waals surface area contributed by atoms with Gasteiger partial charge in [0.05, 0.1) is 18.2 Å². The van der Waals surface area contributed by atoms with E-state index in [-0.39, 0.29) is 24.1 Å². The molecular weight excluding hydrogens is 462 g/mol. The van der Waals surface area contributed by atoms with Gasteiger partial charge in [0.2, 0.25) is 12.6 Å². The Bertz CT molecular complexity index is 1610. The first kappa shape index (κ1) is 21.8. The van der Waals surface area contributed by atoms with Gasteiger partial charge in [0.15, 0.2) is 17.3 Å². The SMILES string of the molecule is COc1ccc2c(c1)c(/C=C1\Oc3cc(OC(=O)c4ccc5c(c4)OCO5)cc(C)c3C1=O)cn2C. The summed E-state index contributed by atoms with van der Waals surface area (Å²) in [4.78, 5) is 25.9. The largest absolute Gasteiger partial charge is 0.497 e. The van der Waals surface area contributed by atoms with Crippen molar-refractivity contribution >= 4 is 28.7 Å². The number of allylic oxidation sites excluding steroid dienone is 1. The summed E-state index contributed by atoms with van der Waals surface area (Å²) in [6, 6.07) is 13.8. The molecule has 2 aliphatic heterocycles. The van der Waals surface area contributed by atoms with Crippen molar-refractivity contribution in [2.45, 2.75) is 6.92 Å². The van der Waals surface area contributed by atoms with Gasteiger partial charge in [-0.1, -0.05) is 0 Å². The standard InChI is InChI=1S/C28H21NO7/c1-15-8-19(35-28(31)16-4-7-22-23(9-16)34-14-33-22)12-24-26(15)27(30)25(36-24)10-17-13-29(2)21-6-5-18(32-3)11-20(17)21/h4-13H,14H2,1-3H3/b25-10-. The molecule has 3 aromatic carbocycles.